The van der Waals surface area contributed by atoms with E-state index in [1.807, 2.05) is 30.3 Å². The Hall–Kier alpha value is -3.16. The van der Waals surface area contributed by atoms with Gasteiger partial charge in [-0.2, -0.15) is 0 Å². The van der Waals surface area contributed by atoms with Gasteiger partial charge in [-0.15, -0.1) is 0 Å². The minimum atomic E-state index is -1.07. The molecule has 1 aromatic heterocycles. The molecule has 1 aliphatic carbocycles. The van der Waals surface area contributed by atoms with Crippen LogP contribution < -0.4 is 10.6 Å². The molecule has 1 fully saturated rings. The van der Waals surface area contributed by atoms with E-state index < -0.39 is 24.0 Å². The summed E-state index contributed by atoms with van der Waals surface area (Å²) in [5, 5.41) is 4.96. The molecule has 1 heterocycles. The van der Waals surface area contributed by atoms with Crippen LogP contribution in [0.25, 0.3) is 11.3 Å². The molecule has 0 saturated heterocycles. The number of hydrogen-bond donors (Lipinski definition) is 2. The molecule has 0 bridgehead atoms. The van der Waals surface area contributed by atoms with Gasteiger partial charge in [0.05, 0.1) is 12.6 Å². The minimum absolute atomic E-state index is 0.0145. The number of nitrogens with one attached hydrogen (secondary N) is 2. The van der Waals surface area contributed by atoms with Gasteiger partial charge in [0.25, 0.3) is 5.91 Å². The van der Waals surface area contributed by atoms with Gasteiger partial charge in [0, 0.05) is 18.0 Å². The van der Waals surface area contributed by atoms with Gasteiger partial charge in [0.2, 0.25) is 0 Å². The van der Waals surface area contributed by atoms with Gasteiger partial charge in [0.15, 0.2) is 17.8 Å². The van der Waals surface area contributed by atoms with E-state index in [1.165, 1.54) is 6.92 Å². The number of esters is 1. The maximum absolute atomic E-state index is 12.0. The Morgan fingerprint density at radius 3 is 2.66 bits per heavy atom. The maximum Gasteiger partial charge on any atom is 0.321 e. The summed E-state index contributed by atoms with van der Waals surface area (Å²) in [6.07, 6.45) is 4.78. The molecule has 8 nitrogen and oxygen atoms in total. The lowest BCUT2D eigenvalue weighted by Crippen LogP contribution is -2.47. The number of carbonyl (C=O) groups is 3. The monoisotopic (exact) mass is 399 g/mol. The van der Waals surface area contributed by atoms with Crippen molar-refractivity contribution in [1.82, 2.24) is 15.6 Å². The second-order valence-electron chi connectivity index (χ2n) is 7.06. The first-order valence-corrected chi connectivity index (χ1v) is 9.82. The fourth-order valence-electron chi connectivity index (χ4n) is 3.19. The zero-order valence-electron chi connectivity index (χ0n) is 16.3. The van der Waals surface area contributed by atoms with Crippen molar-refractivity contribution in [3.05, 3.63) is 42.4 Å². The number of hydrogen-bond acceptors (Lipinski definition) is 6. The van der Waals surface area contributed by atoms with E-state index in [0.717, 1.165) is 31.2 Å². The number of benzene rings is 1. The average molecular weight is 399 g/mol. The molecular weight excluding hydrogens is 374 g/mol. The third-order valence-electron chi connectivity index (χ3n) is 4.76. The van der Waals surface area contributed by atoms with Crippen molar-refractivity contribution in [1.29, 1.82) is 0 Å². The van der Waals surface area contributed by atoms with Gasteiger partial charge in [-0.05, 0) is 19.8 Å². The topological polar surface area (TPSA) is 111 Å². The SMILES string of the molecule is CC(OC(=O)CCc1ncc(-c2ccccc2)o1)C(=O)NC(=O)NC1CCCC1. The Morgan fingerprint density at radius 1 is 1.21 bits per heavy atom. The number of oxazole rings is 1. The highest BCUT2D eigenvalue weighted by molar-refractivity contribution is 5.97. The standard InChI is InChI=1S/C21H25N3O5/c1-14(20(26)24-21(27)23-16-9-5-6-10-16)28-19(25)12-11-18-22-13-17(29-18)15-7-3-2-4-8-15/h2-4,7-8,13-14,16H,5-6,9-12H2,1H3,(H2,23,24,26,27). The van der Waals surface area contributed by atoms with E-state index in [2.05, 4.69) is 15.6 Å². The molecule has 3 rings (SSSR count). The lowest BCUT2D eigenvalue weighted by molar-refractivity contribution is -0.154. The molecule has 29 heavy (non-hydrogen) atoms. The highest BCUT2D eigenvalue weighted by Crippen LogP contribution is 2.20. The predicted molar refractivity (Wildman–Crippen MR) is 105 cm³/mol. The van der Waals surface area contributed by atoms with Crippen LogP contribution in [0.4, 0.5) is 4.79 Å². The van der Waals surface area contributed by atoms with Crippen LogP contribution in [0.1, 0.15) is 44.9 Å². The molecular formula is C21H25N3O5. The molecule has 1 aliphatic rings. The maximum atomic E-state index is 12.0. The Balaban J connectivity index is 1.40. The van der Waals surface area contributed by atoms with Crippen LogP contribution >= 0.6 is 0 Å². The Morgan fingerprint density at radius 2 is 1.93 bits per heavy atom. The Bertz CT molecular complexity index is 843. The highest BCUT2D eigenvalue weighted by atomic mass is 16.5. The van der Waals surface area contributed by atoms with Crippen molar-refractivity contribution in [2.75, 3.05) is 0 Å². The van der Waals surface area contributed by atoms with Crippen molar-refractivity contribution in [3.63, 3.8) is 0 Å². The van der Waals surface area contributed by atoms with E-state index in [-0.39, 0.29) is 18.9 Å². The van der Waals surface area contributed by atoms with Gasteiger partial charge in [0.1, 0.15) is 0 Å². The second-order valence-corrected chi connectivity index (χ2v) is 7.06. The molecule has 0 spiro atoms. The molecule has 2 N–H and O–H groups in total. The molecule has 0 radical (unpaired) electrons. The number of carbonyl (C=O) groups excluding carboxylic acids is 3. The van der Waals surface area contributed by atoms with Gasteiger partial charge >= 0.3 is 12.0 Å². The number of imide groups is 1. The summed E-state index contributed by atoms with van der Waals surface area (Å²) >= 11 is 0. The van der Waals surface area contributed by atoms with Crippen LogP contribution in [0.5, 0.6) is 0 Å². The molecule has 1 aromatic carbocycles. The quantitative estimate of drug-likeness (QED) is 0.693. The number of ether oxygens (including phenoxy) is 1. The van der Waals surface area contributed by atoms with E-state index in [0.29, 0.717) is 11.7 Å². The lowest BCUT2D eigenvalue weighted by atomic mass is 10.2. The van der Waals surface area contributed by atoms with Crippen molar-refractivity contribution >= 4 is 17.9 Å². The third kappa shape index (κ3) is 6.17. The second kappa shape index (κ2) is 9.86. The molecule has 1 unspecified atom stereocenters. The lowest BCUT2D eigenvalue weighted by Gasteiger charge is -2.15. The summed E-state index contributed by atoms with van der Waals surface area (Å²) in [7, 11) is 0. The van der Waals surface area contributed by atoms with Crippen LogP contribution in [-0.2, 0) is 20.7 Å². The first kappa shape index (κ1) is 20.6. The smallest absolute Gasteiger partial charge is 0.321 e. The van der Waals surface area contributed by atoms with Crippen molar-refractivity contribution in [2.24, 2.45) is 0 Å². The highest BCUT2D eigenvalue weighted by Gasteiger charge is 2.22. The van der Waals surface area contributed by atoms with Gasteiger partial charge in [-0.3, -0.25) is 14.9 Å². The van der Waals surface area contributed by atoms with Crippen LogP contribution in [0.3, 0.4) is 0 Å². The molecule has 3 amide bonds. The van der Waals surface area contributed by atoms with E-state index in [4.69, 9.17) is 9.15 Å². The zero-order valence-corrected chi connectivity index (χ0v) is 16.3. The minimum Gasteiger partial charge on any atom is -0.453 e. The summed E-state index contributed by atoms with van der Waals surface area (Å²) in [4.78, 5) is 40.0. The summed E-state index contributed by atoms with van der Waals surface area (Å²) < 4.78 is 10.7. The third-order valence-corrected chi connectivity index (χ3v) is 4.76. The summed E-state index contributed by atoms with van der Waals surface area (Å²) in [6.45, 7) is 1.43. The van der Waals surface area contributed by atoms with E-state index in [9.17, 15) is 14.4 Å². The van der Waals surface area contributed by atoms with Crippen LogP contribution in [0, 0.1) is 0 Å². The first-order chi connectivity index (χ1) is 14.0. The summed E-state index contributed by atoms with van der Waals surface area (Å²) in [6, 6.07) is 9.06. The molecule has 8 heteroatoms. The van der Waals surface area contributed by atoms with E-state index >= 15 is 0 Å². The van der Waals surface area contributed by atoms with Crippen molar-refractivity contribution in [2.45, 2.75) is 57.6 Å². The number of amides is 3. The normalized spacial score (nSPS) is 14.9. The number of aryl methyl sites for hydroxylation is 1. The molecule has 1 saturated carbocycles. The van der Waals surface area contributed by atoms with Crippen LogP contribution in [-0.4, -0.2) is 35.0 Å². The van der Waals surface area contributed by atoms with Crippen molar-refractivity contribution < 1.29 is 23.5 Å². The van der Waals surface area contributed by atoms with Gasteiger partial charge < -0.3 is 14.5 Å². The number of urea groups is 1. The average Bonchev–Trinajstić information content (AvgIpc) is 3.39. The molecule has 1 atom stereocenters. The molecule has 154 valence electrons. The van der Waals surface area contributed by atoms with Crippen LogP contribution in [0.15, 0.2) is 40.9 Å². The predicted octanol–water partition coefficient (Wildman–Crippen LogP) is 2.97. The number of nitrogens with zero attached hydrogens (tertiary/aromatic N) is 1. The van der Waals surface area contributed by atoms with E-state index in [1.54, 1.807) is 6.20 Å². The molecule has 0 aliphatic heterocycles. The Kier molecular flexibility index (Phi) is 6.99. The largest absolute Gasteiger partial charge is 0.453 e. The van der Waals surface area contributed by atoms with Gasteiger partial charge in [-0.1, -0.05) is 43.2 Å². The Labute approximate surface area is 169 Å². The fourth-order valence-corrected chi connectivity index (χ4v) is 3.19. The van der Waals surface area contributed by atoms with Crippen molar-refractivity contribution in [3.8, 4) is 11.3 Å². The van der Waals surface area contributed by atoms with Gasteiger partial charge in [-0.25, -0.2) is 9.78 Å². The number of rotatable bonds is 7. The summed E-state index contributed by atoms with van der Waals surface area (Å²) in [5.74, 6) is -0.191. The fraction of sp³-hybridized carbons (Fsp3) is 0.429. The number of aromatic nitrogens is 1. The summed E-state index contributed by atoms with van der Waals surface area (Å²) in [5.41, 5.74) is 0.898. The van der Waals surface area contributed by atoms with Crippen LogP contribution in [0.2, 0.25) is 0 Å². The zero-order chi connectivity index (χ0) is 20.6. The first-order valence-electron chi connectivity index (χ1n) is 9.82. The molecule has 2 aromatic rings.